The van der Waals surface area contributed by atoms with Crippen molar-refractivity contribution in [3.8, 4) is 0 Å². The summed E-state index contributed by atoms with van der Waals surface area (Å²) in [6.07, 6.45) is 5.52. The highest BCUT2D eigenvalue weighted by molar-refractivity contribution is 5.90. The van der Waals surface area contributed by atoms with Crippen LogP contribution in [0.5, 0.6) is 0 Å². The molecule has 0 spiro atoms. The minimum atomic E-state index is -0.587. The van der Waals surface area contributed by atoms with Crippen molar-refractivity contribution in [1.29, 1.82) is 0 Å². The molecule has 1 saturated heterocycles. The topological polar surface area (TPSA) is 90.4 Å². The maximum absolute atomic E-state index is 11.0. The maximum atomic E-state index is 11.0. The van der Waals surface area contributed by atoms with Gasteiger partial charge in [-0.15, -0.1) is 0 Å². The van der Waals surface area contributed by atoms with Gasteiger partial charge in [0.2, 0.25) is 5.95 Å². The Balaban J connectivity index is 1.55. The van der Waals surface area contributed by atoms with Crippen LogP contribution in [0.3, 0.4) is 0 Å². The second kappa shape index (κ2) is 8.55. The van der Waals surface area contributed by atoms with Crippen LogP contribution in [0, 0.1) is 6.92 Å². The Labute approximate surface area is 152 Å². The third-order valence-electron chi connectivity index (χ3n) is 4.40. The first kappa shape index (κ1) is 18.0. The van der Waals surface area contributed by atoms with E-state index in [0.717, 1.165) is 37.3 Å². The van der Waals surface area contributed by atoms with Crippen molar-refractivity contribution in [2.75, 3.05) is 18.4 Å². The molecule has 0 bridgehead atoms. The number of aryl methyl sites for hydroxylation is 1. The molecule has 1 fully saturated rings. The van der Waals surface area contributed by atoms with Gasteiger partial charge in [0.1, 0.15) is 0 Å². The summed E-state index contributed by atoms with van der Waals surface area (Å²) >= 11 is 0. The predicted molar refractivity (Wildman–Crippen MR) is 99.5 cm³/mol. The fourth-order valence-electron chi connectivity index (χ4n) is 3.03. The molecule has 0 aliphatic carbocycles. The van der Waals surface area contributed by atoms with E-state index in [9.17, 15) is 4.79 Å². The summed E-state index contributed by atoms with van der Waals surface area (Å²) in [4.78, 5) is 22.3. The molecular weight excluding hydrogens is 330 g/mol. The van der Waals surface area contributed by atoms with Gasteiger partial charge >= 0.3 is 0 Å². The van der Waals surface area contributed by atoms with Crippen molar-refractivity contribution in [1.82, 2.24) is 20.3 Å². The summed E-state index contributed by atoms with van der Waals surface area (Å²) in [6, 6.07) is 10.8. The highest BCUT2D eigenvalue weighted by atomic mass is 16.5. The number of hydrogen-bond donors (Lipinski definition) is 3. The first-order chi connectivity index (χ1) is 12.6. The number of hydrogen-bond acceptors (Lipinski definition) is 6. The summed E-state index contributed by atoms with van der Waals surface area (Å²) in [5.41, 5.74) is 4.37. The lowest BCUT2D eigenvalue weighted by Gasteiger charge is -2.17. The van der Waals surface area contributed by atoms with E-state index in [4.69, 9.17) is 5.21 Å². The molecule has 2 aromatic rings. The summed E-state index contributed by atoms with van der Waals surface area (Å²) in [5.74, 6) is 0.00823. The van der Waals surface area contributed by atoms with Crippen LogP contribution in [0.25, 0.3) is 6.08 Å². The molecular formula is C19H23N5O2. The smallest absolute Gasteiger partial charge is 0.267 e. The molecule has 3 rings (SSSR count). The molecule has 1 aliphatic rings. The van der Waals surface area contributed by atoms with E-state index in [1.165, 1.54) is 11.6 Å². The van der Waals surface area contributed by atoms with Crippen LogP contribution >= 0.6 is 0 Å². The van der Waals surface area contributed by atoms with Crippen molar-refractivity contribution in [3.05, 3.63) is 59.4 Å². The number of carbonyl (C=O) groups is 1. The Bertz CT molecular complexity index is 779. The SMILES string of the molecule is Cc1nc(NC2CCN(Cc3ccccc3)C2)ncc1C=CC(=O)NO. The van der Waals surface area contributed by atoms with E-state index >= 15 is 0 Å². The lowest BCUT2D eigenvalue weighted by atomic mass is 10.2. The zero-order valence-corrected chi connectivity index (χ0v) is 14.7. The zero-order chi connectivity index (χ0) is 18.4. The average Bonchev–Trinajstić information content (AvgIpc) is 3.08. The second-order valence-corrected chi connectivity index (χ2v) is 6.39. The van der Waals surface area contributed by atoms with E-state index in [2.05, 4.69) is 44.5 Å². The molecule has 7 nitrogen and oxygen atoms in total. The number of benzene rings is 1. The van der Waals surface area contributed by atoms with E-state index in [1.54, 1.807) is 17.8 Å². The second-order valence-electron chi connectivity index (χ2n) is 6.39. The number of nitrogens with zero attached hydrogens (tertiary/aromatic N) is 3. The van der Waals surface area contributed by atoms with Gasteiger partial charge in [0.15, 0.2) is 0 Å². The highest BCUT2D eigenvalue weighted by Gasteiger charge is 2.23. The van der Waals surface area contributed by atoms with Crippen LogP contribution in [0.1, 0.15) is 23.2 Å². The van der Waals surface area contributed by atoms with Crippen LogP contribution in [-0.4, -0.2) is 45.1 Å². The third-order valence-corrected chi connectivity index (χ3v) is 4.40. The Morgan fingerprint density at radius 2 is 2.19 bits per heavy atom. The number of aromatic nitrogens is 2. The Hall–Kier alpha value is -2.77. The van der Waals surface area contributed by atoms with Gasteiger partial charge in [-0.25, -0.2) is 15.4 Å². The number of anilines is 1. The molecule has 26 heavy (non-hydrogen) atoms. The van der Waals surface area contributed by atoms with Crippen LogP contribution in [0.4, 0.5) is 5.95 Å². The quantitative estimate of drug-likeness (QED) is 0.418. The van der Waals surface area contributed by atoms with Crippen LogP contribution in [-0.2, 0) is 11.3 Å². The molecule has 1 unspecified atom stereocenters. The molecule has 1 atom stereocenters. The van der Waals surface area contributed by atoms with E-state index in [1.807, 2.05) is 13.0 Å². The van der Waals surface area contributed by atoms with Crippen LogP contribution < -0.4 is 10.8 Å². The summed E-state index contributed by atoms with van der Waals surface area (Å²) in [5, 5.41) is 11.9. The number of nitrogens with one attached hydrogen (secondary N) is 2. The monoisotopic (exact) mass is 353 g/mol. The van der Waals surface area contributed by atoms with Crippen molar-refractivity contribution >= 4 is 17.9 Å². The van der Waals surface area contributed by atoms with E-state index in [0.29, 0.717) is 12.0 Å². The molecule has 1 aliphatic heterocycles. The molecule has 3 N–H and O–H groups in total. The Morgan fingerprint density at radius 3 is 2.92 bits per heavy atom. The lowest BCUT2D eigenvalue weighted by molar-refractivity contribution is -0.124. The van der Waals surface area contributed by atoms with Gasteiger partial charge < -0.3 is 5.32 Å². The third kappa shape index (κ3) is 4.87. The van der Waals surface area contributed by atoms with Gasteiger partial charge in [-0.3, -0.25) is 14.9 Å². The van der Waals surface area contributed by atoms with Gasteiger partial charge in [-0.2, -0.15) is 0 Å². The van der Waals surface area contributed by atoms with Gasteiger partial charge in [0.05, 0.1) is 5.69 Å². The average molecular weight is 353 g/mol. The van der Waals surface area contributed by atoms with Crippen molar-refractivity contribution in [2.24, 2.45) is 0 Å². The normalized spacial score (nSPS) is 17.5. The predicted octanol–water partition coefficient (Wildman–Crippen LogP) is 1.99. The Morgan fingerprint density at radius 1 is 1.38 bits per heavy atom. The number of amides is 1. The Kier molecular flexibility index (Phi) is 5.93. The number of carbonyl (C=O) groups excluding carboxylic acids is 1. The van der Waals surface area contributed by atoms with E-state index < -0.39 is 5.91 Å². The van der Waals surface area contributed by atoms with Gasteiger partial charge in [-0.1, -0.05) is 30.3 Å². The zero-order valence-electron chi connectivity index (χ0n) is 14.7. The standard InChI is InChI=1S/C19H23N5O2/c1-14-16(7-8-18(25)23-26)11-20-19(21-14)22-17-9-10-24(13-17)12-15-5-3-2-4-6-15/h2-8,11,17,26H,9-10,12-13H2,1H3,(H,23,25)(H,20,21,22). The van der Waals surface area contributed by atoms with Crippen molar-refractivity contribution in [3.63, 3.8) is 0 Å². The van der Waals surface area contributed by atoms with Gasteiger partial charge in [-0.05, 0) is 25.0 Å². The fourth-order valence-corrected chi connectivity index (χ4v) is 3.03. The molecule has 1 amide bonds. The number of likely N-dealkylation sites (tertiary alicyclic amines) is 1. The van der Waals surface area contributed by atoms with E-state index in [-0.39, 0.29) is 0 Å². The first-order valence-corrected chi connectivity index (χ1v) is 8.62. The minimum absolute atomic E-state index is 0.319. The first-order valence-electron chi connectivity index (χ1n) is 8.62. The largest absolute Gasteiger partial charge is 0.350 e. The van der Waals surface area contributed by atoms with Gasteiger partial charge in [0, 0.05) is 43.5 Å². The summed E-state index contributed by atoms with van der Waals surface area (Å²) in [7, 11) is 0. The molecule has 2 heterocycles. The summed E-state index contributed by atoms with van der Waals surface area (Å²) < 4.78 is 0. The van der Waals surface area contributed by atoms with Crippen LogP contribution in [0.15, 0.2) is 42.6 Å². The number of rotatable bonds is 6. The molecule has 0 saturated carbocycles. The van der Waals surface area contributed by atoms with Crippen molar-refractivity contribution < 1.29 is 10.0 Å². The fraction of sp³-hybridized carbons (Fsp3) is 0.316. The lowest BCUT2D eigenvalue weighted by Crippen LogP contribution is -2.26. The van der Waals surface area contributed by atoms with Gasteiger partial charge in [0.25, 0.3) is 5.91 Å². The molecule has 1 aromatic heterocycles. The maximum Gasteiger partial charge on any atom is 0.267 e. The number of hydroxylamine groups is 1. The minimum Gasteiger partial charge on any atom is -0.350 e. The molecule has 7 heteroatoms. The summed E-state index contributed by atoms with van der Waals surface area (Å²) in [6.45, 7) is 4.81. The molecule has 0 radical (unpaired) electrons. The van der Waals surface area contributed by atoms with Crippen LogP contribution in [0.2, 0.25) is 0 Å². The molecule has 136 valence electrons. The highest BCUT2D eigenvalue weighted by Crippen LogP contribution is 2.17. The van der Waals surface area contributed by atoms with Crippen molar-refractivity contribution in [2.45, 2.75) is 25.9 Å². The molecule has 1 aromatic carbocycles.